The molecule has 5 nitrogen and oxygen atoms in total. The van der Waals surface area contributed by atoms with Crippen molar-refractivity contribution >= 4 is 15.8 Å². The van der Waals surface area contributed by atoms with E-state index in [9.17, 15) is 13.2 Å². The van der Waals surface area contributed by atoms with Crippen molar-refractivity contribution in [2.24, 2.45) is 5.73 Å². The number of nitrogens with two attached hydrogens (primary N) is 1. The molecule has 2 N–H and O–H groups in total. The molecule has 0 unspecified atom stereocenters. The molecule has 0 spiro atoms. The van der Waals surface area contributed by atoms with Gasteiger partial charge in [0.2, 0.25) is 0 Å². The number of esters is 1. The maximum atomic E-state index is 11.1. The molecule has 0 amide bonds. The van der Waals surface area contributed by atoms with E-state index in [0.29, 0.717) is 0 Å². The van der Waals surface area contributed by atoms with E-state index in [1.54, 1.807) is 13.8 Å². The third-order valence-electron chi connectivity index (χ3n) is 1.45. The summed E-state index contributed by atoms with van der Waals surface area (Å²) in [6.07, 6.45) is 0.976. The molecule has 0 saturated heterocycles. The summed E-state index contributed by atoms with van der Waals surface area (Å²) in [6.45, 7) is 3.42. The summed E-state index contributed by atoms with van der Waals surface area (Å²) in [5.41, 5.74) is 5.43. The number of ether oxygens (including phenoxy) is 1. The van der Waals surface area contributed by atoms with Gasteiger partial charge in [-0.1, -0.05) is 0 Å². The summed E-state index contributed by atoms with van der Waals surface area (Å²) < 4.78 is 26.4. The molecule has 0 aromatic rings. The summed E-state index contributed by atoms with van der Waals surface area (Å²) >= 11 is 0. The summed E-state index contributed by atoms with van der Waals surface area (Å²) in [5, 5.41) is 0. The van der Waals surface area contributed by atoms with Crippen molar-refractivity contribution in [1.82, 2.24) is 0 Å². The van der Waals surface area contributed by atoms with Crippen LogP contribution in [0.3, 0.4) is 0 Å². The average molecular weight is 223 g/mol. The van der Waals surface area contributed by atoms with Crippen molar-refractivity contribution in [1.29, 1.82) is 0 Å². The highest BCUT2D eigenvalue weighted by Gasteiger charge is 2.18. The van der Waals surface area contributed by atoms with Crippen LogP contribution in [0.5, 0.6) is 0 Å². The van der Waals surface area contributed by atoms with Crippen LogP contribution in [-0.2, 0) is 19.4 Å². The molecule has 0 aliphatic heterocycles. The molecule has 0 heterocycles. The lowest BCUT2D eigenvalue weighted by Gasteiger charge is -2.12. The van der Waals surface area contributed by atoms with Crippen molar-refractivity contribution in [2.75, 3.05) is 12.0 Å². The number of carbonyl (C=O) groups is 1. The van der Waals surface area contributed by atoms with Gasteiger partial charge in [-0.2, -0.15) is 0 Å². The standard InChI is InChI=1S/C8H17NO4S/c1-6(2)13-8(10)7(9)4-5-14(3,11)12/h6-7H,4-5,9H2,1-3H3/t7-/m0/s1. The van der Waals surface area contributed by atoms with E-state index >= 15 is 0 Å². The lowest BCUT2D eigenvalue weighted by atomic mass is 10.2. The summed E-state index contributed by atoms with van der Waals surface area (Å²) in [5.74, 6) is -0.648. The molecular weight excluding hydrogens is 206 g/mol. The van der Waals surface area contributed by atoms with Crippen molar-refractivity contribution in [3.8, 4) is 0 Å². The molecule has 0 aromatic carbocycles. The molecule has 0 aromatic heterocycles. The van der Waals surface area contributed by atoms with Gasteiger partial charge in [0.05, 0.1) is 11.9 Å². The number of carbonyl (C=O) groups excluding carboxylic acids is 1. The number of sulfone groups is 1. The highest BCUT2D eigenvalue weighted by atomic mass is 32.2. The Morgan fingerprint density at radius 3 is 2.29 bits per heavy atom. The van der Waals surface area contributed by atoms with Crippen LogP contribution in [0.25, 0.3) is 0 Å². The van der Waals surface area contributed by atoms with E-state index in [4.69, 9.17) is 10.5 Å². The van der Waals surface area contributed by atoms with Crippen LogP contribution in [0.4, 0.5) is 0 Å². The van der Waals surface area contributed by atoms with Crippen LogP contribution in [0.1, 0.15) is 20.3 Å². The van der Waals surface area contributed by atoms with Gasteiger partial charge in [-0.25, -0.2) is 8.42 Å². The fourth-order valence-corrected chi connectivity index (χ4v) is 1.46. The van der Waals surface area contributed by atoms with Gasteiger partial charge in [-0.05, 0) is 20.3 Å². The van der Waals surface area contributed by atoms with E-state index in [2.05, 4.69) is 0 Å². The second kappa shape index (κ2) is 5.31. The zero-order valence-electron chi connectivity index (χ0n) is 8.69. The predicted octanol–water partition coefficient (Wildman–Crippen LogP) is -0.300. The highest BCUT2D eigenvalue weighted by Crippen LogP contribution is 1.98. The Morgan fingerprint density at radius 1 is 1.43 bits per heavy atom. The Kier molecular flexibility index (Phi) is 5.07. The predicted molar refractivity (Wildman–Crippen MR) is 53.5 cm³/mol. The maximum absolute atomic E-state index is 11.1. The molecule has 0 saturated carbocycles. The Balaban J connectivity index is 3.97. The SMILES string of the molecule is CC(C)OC(=O)[C@@H](N)CCS(C)(=O)=O. The van der Waals surface area contributed by atoms with Crippen LogP contribution in [0.2, 0.25) is 0 Å². The third kappa shape index (κ3) is 6.85. The van der Waals surface area contributed by atoms with Gasteiger partial charge in [-0.15, -0.1) is 0 Å². The zero-order chi connectivity index (χ0) is 11.4. The molecule has 0 radical (unpaired) electrons. The molecule has 14 heavy (non-hydrogen) atoms. The second-order valence-electron chi connectivity index (χ2n) is 3.51. The Morgan fingerprint density at radius 2 is 1.93 bits per heavy atom. The highest BCUT2D eigenvalue weighted by molar-refractivity contribution is 7.90. The molecule has 84 valence electrons. The first-order chi connectivity index (χ1) is 6.22. The second-order valence-corrected chi connectivity index (χ2v) is 5.77. The minimum atomic E-state index is -3.07. The summed E-state index contributed by atoms with van der Waals surface area (Å²) in [4.78, 5) is 11.1. The quantitative estimate of drug-likeness (QED) is 0.647. The number of hydrogen-bond acceptors (Lipinski definition) is 5. The van der Waals surface area contributed by atoms with Gasteiger partial charge in [0, 0.05) is 6.26 Å². The van der Waals surface area contributed by atoms with Gasteiger partial charge in [0.25, 0.3) is 0 Å². The Hall–Kier alpha value is -0.620. The number of hydrogen-bond donors (Lipinski definition) is 1. The van der Waals surface area contributed by atoms with E-state index in [1.807, 2.05) is 0 Å². The molecule has 0 bridgehead atoms. The van der Waals surface area contributed by atoms with Gasteiger partial charge < -0.3 is 10.5 Å². The van der Waals surface area contributed by atoms with Gasteiger partial charge in [0.1, 0.15) is 15.9 Å². The average Bonchev–Trinajstić information content (AvgIpc) is 1.97. The van der Waals surface area contributed by atoms with Crippen LogP contribution in [0, 0.1) is 0 Å². The van der Waals surface area contributed by atoms with Crippen molar-refractivity contribution < 1.29 is 17.9 Å². The van der Waals surface area contributed by atoms with E-state index in [1.165, 1.54) is 0 Å². The van der Waals surface area contributed by atoms with E-state index < -0.39 is 21.8 Å². The molecule has 0 aliphatic rings. The monoisotopic (exact) mass is 223 g/mol. The normalized spacial score (nSPS) is 14.1. The Labute approximate surface area is 84.5 Å². The maximum Gasteiger partial charge on any atom is 0.323 e. The smallest absolute Gasteiger partial charge is 0.323 e. The van der Waals surface area contributed by atoms with E-state index in [-0.39, 0.29) is 18.3 Å². The minimum Gasteiger partial charge on any atom is -0.462 e. The first-order valence-electron chi connectivity index (χ1n) is 4.36. The first-order valence-corrected chi connectivity index (χ1v) is 6.42. The van der Waals surface area contributed by atoms with Gasteiger partial charge >= 0.3 is 5.97 Å². The van der Waals surface area contributed by atoms with Crippen molar-refractivity contribution in [2.45, 2.75) is 32.4 Å². The topological polar surface area (TPSA) is 86.5 Å². The molecule has 0 aliphatic carbocycles. The Bertz CT molecular complexity index is 284. The molecule has 0 fully saturated rings. The summed E-state index contributed by atoms with van der Waals surface area (Å²) in [6, 6.07) is -0.855. The fourth-order valence-electron chi connectivity index (χ4n) is 0.779. The van der Waals surface area contributed by atoms with Crippen LogP contribution < -0.4 is 5.73 Å². The van der Waals surface area contributed by atoms with Crippen LogP contribution in [-0.4, -0.2) is 38.5 Å². The van der Waals surface area contributed by atoms with Crippen molar-refractivity contribution in [3.63, 3.8) is 0 Å². The minimum absolute atomic E-state index is 0.0959. The first kappa shape index (κ1) is 13.4. The lowest BCUT2D eigenvalue weighted by molar-refractivity contribution is -0.149. The zero-order valence-corrected chi connectivity index (χ0v) is 9.50. The third-order valence-corrected chi connectivity index (χ3v) is 2.43. The molecule has 0 rings (SSSR count). The van der Waals surface area contributed by atoms with E-state index in [0.717, 1.165) is 6.26 Å². The van der Waals surface area contributed by atoms with Crippen LogP contribution >= 0.6 is 0 Å². The number of rotatable bonds is 5. The molecule has 6 heteroatoms. The van der Waals surface area contributed by atoms with Crippen LogP contribution in [0.15, 0.2) is 0 Å². The van der Waals surface area contributed by atoms with Gasteiger partial charge in [-0.3, -0.25) is 4.79 Å². The fraction of sp³-hybridized carbons (Fsp3) is 0.875. The van der Waals surface area contributed by atoms with Gasteiger partial charge in [0.15, 0.2) is 0 Å². The largest absolute Gasteiger partial charge is 0.462 e. The lowest BCUT2D eigenvalue weighted by Crippen LogP contribution is -2.35. The molecule has 1 atom stereocenters. The van der Waals surface area contributed by atoms with Crippen molar-refractivity contribution in [3.05, 3.63) is 0 Å². The summed E-state index contributed by atoms with van der Waals surface area (Å²) in [7, 11) is -3.07. The molecular formula is C8H17NO4S.